The van der Waals surface area contributed by atoms with Gasteiger partial charge in [0.25, 0.3) is 0 Å². The highest BCUT2D eigenvalue weighted by atomic mass is 35.5. The first kappa shape index (κ1) is 13.1. The lowest BCUT2D eigenvalue weighted by molar-refractivity contribution is -0.122. The zero-order valence-electron chi connectivity index (χ0n) is 10.5. The average Bonchev–Trinajstić information content (AvgIpc) is 2.94. The Morgan fingerprint density at radius 3 is 2.30 bits per heavy atom. The molecule has 2 atom stereocenters. The number of anilines is 1. The van der Waals surface area contributed by atoms with Crippen molar-refractivity contribution in [1.29, 1.82) is 0 Å². The van der Waals surface area contributed by atoms with Crippen LogP contribution >= 0.6 is 11.6 Å². The molecule has 1 aliphatic carbocycles. The van der Waals surface area contributed by atoms with Gasteiger partial charge < -0.3 is 5.11 Å². The molecule has 1 saturated carbocycles. The topological polar surface area (TPSA) is 74.7 Å². The van der Waals surface area contributed by atoms with Crippen LogP contribution in [0.15, 0.2) is 18.2 Å². The van der Waals surface area contributed by atoms with Gasteiger partial charge in [0.1, 0.15) is 0 Å². The molecule has 1 aliphatic heterocycles. The first-order chi connectivity index (χ1) is 9.50. The SMILES string of the molecule is O=C(O)c1ccc(N2C(=O)C3CCCC3C2=O)cc1Cl. The molecule has 20 heavy (non-hydrogen) atoms. The number of amides is 2. The number of imide groups is 1. The third-order valence-corrected chi connectivity index (χ3v) is 4.35. The zero-order chi connectivity index (χ0) is 14.4. The molecule has 1 N–H and O–H groups in total. The molecule has 2 aliphatic rings. The van der Waals surface area contributed by atoms with Crippen molar-refractivity contribution in [2.45, 2.75) is 19.3 Å². The number of rotatable bonds is 2. The molecule has 0 radical (unpaired) electrons. The van der Waals surface area contributed by atoms with Crippen molar-refractivity contribution in [3.63, 3.8) is 0 Å². The Morgan fingerprint density at radius 2 is 1.80 bits per heavy atom. The highest BCUT2D eigenvalue weighted by Gasteiger charge is 2.50. The number of carbonyl (C=O) groups excluding carboxylic acids is 2. The number of hydrogen-bond donors (Lipinski definition) is 1. The van der Waals surface area contributed by atoms with Crippen LogP contribution in [0, 0.1) is 11.8 Å². The predicted octanol–water partition coefficient (Wildman–Crippen LogP) is 2.33. The summed E-state index contributed by atoms with van der Waals surface area (Å²) in [6, 6.07) is 4.13. The monoisotopic (exact) mass is 293 g/mol. The number of carbonyl (C=O) groups is 3. The van der Waals surface area contributed by atoms with Crippen molar-refractivity contribution in [3.05, 3.63) is 28.8 Å². The summed E-state index contributed by atoms with van der Waals surface area (Å²) >= 11 is 5.89. The Bertz CT molecular complexity index is 606. The maximum Gasteiger partial charge on any atom is 0.337 e. The Labute approximate surface area is 120 Å². The van der Waals surface area contributed by atoms with Crippen molar-refractivity contribution in [1.82, 2.24) is 0 Å². The summed E-state index contributed by atoms with van der Waals surface area (Å²) in [5, 5.41) is 8.95. The van der Waals surface area contributed by atoms with Crippen LogP contribution in [0.4, 0.5) is 5.69 Å². The van der Waals surface area contributed by atoms with Gasteiger partial charge in [-0.15, -0.1) is 0 Å². The third kappa shape index (κ3) is 1.81. The maximum absolute atomic E-state index is 12.3. The van der Waals surface area contributed by atoms with Crippen LogP contribution in [0.5, 0.6) is 0 Å². The molecule has 0 aromatic heterocycles. The molecule has 1 saturated heterocycles. The normalized spacial score (nSPS) is 25.1. The Hall–Kier alpha value is -1.88. The molecule has 3 rings (SSSR count). The molecule has 2 fully saturated rings. The van der Waals surface area contributed by atoms with Crippen LogP contribution in [0.3, 0.4) is 0 Å². The molecule has 5 nitrogen and oxygen atoms in total. The van der Waals surface area contributed by atoms with E-state index in [1.807, 2.05) is 0 Å². The standard InChI is InChI=1S/C14H12ClNO4/c15-11-6-7(4-5-10(11)14(19)20)16-12(17)8-2-1-3-9(8)13(16)18/h4-6,8-9H,1-3H2,(H,19,20). The smallest absolute Gasteiger partial charge is 0.337 e. The fourth-order valence-electron chi connectivity index (χ4n) is 3.06. The lowest BCUT2D eigenvalue weighted by atomic mass is 10.00. The van der Waals surface area contributed by atoms with Crippen LogP contribution in [0.2, 0.25) is 5.02 Å². The number of benzene rings is 1. The van der Waals surface area contributed by atoms with Crippen LogP contribution in [-0.2, 0) is 9.59 Å². The van der Waals surface area contributed by atoms with Gasteiger partial charge in [-0.05, 0) is 31.0 Å². The number of halogens is 1. The second kappa shape index (κ2) is 4.59. The molecule has 1 aromatic carbocycles. The summed E-state index contributed by atoms with van der Waals surface area (Å²) in [5.41, 5.74) is 0.305. The van der Waals surface area contributed by atoms with Gasteiger partial charge in [-0.1, -0.05) is 18.0 Å². The van der Waals surface area contributed by atoms with E-state index in [1.165, 1.54) is 18.2 Å². The zero-order valence-corrected chi connectivity index (χ0v) is 11.3. The third-order valence-electron chi connectivity index (χ3n) is 4.03. The average molecular weight is 294 g/mol. The minimum Gasteiger partial charge on any atom is -0.478 e. The van der Waals surface area contributed by atoms with Gasteiger partial charge in [-0.3, -0.25) is 14.5 Å². The Morgan fingerprint density at radius 1 is 1.20 bits per heavy atom. The molecule has 2 unspecified atom stereocenters. The van der Waals surface area contributed by atoms with Gasteiger partial charge in [0.15, 0.2) is 0 Å². The van der Waals surface area contributed by atoms with E-state index in [4.69, 9.17) is 16.7 Å². The minimum atomic E-state index is -1.14. The number of hydrogen-bond acceptors (Lipinski definition) is 3. The van der Waals surface area contributed by atoms with Crippen molar-refractivity contribution < 1.29 is 19.5 Å². The van der Waals surface area contributed by atoms with Crippen molar-refractivity contribution in [3.8, 4) is 0 Å². The number of nitrogens with zero attached hydrogens (tertiary/aromatic N) is 1. The van der Waals surface area contributed by atoms with Gasteiger partial charge >= 0.3 is 5.97 Å². The van der Waals surface area contributed by atoms with Gasteiger partial charge in [0.05, 0.1) is 28.1 Å². The quantitative estimate of drug-likeness (QED) is 0.849. The maximum atomic E-state index is 12.3. The van der Waals surface area contributed by atoms with Crippen molar-refractivity contribution >= 4 is 35.1 Å². The predicted molar refractivity (Wildman–Crippen MR) is 71.7 cm³/mol. The van der Waals surface area contributed by atoms with Crippen LogP contribution in [0.1, 0.15) is 29.6 Å². The molecule has 1 aromatic rings. The number of carboxylic acid groups (broad SMARTS) is 1. The van der Waals surface area contributed by atoms with Crippen LogP contribution in [-0.4, -0.2) is 22.9 Å². The van der Waals surface area contributed by atoms with Crippen molar-refractivity contribution in [2.75, 3.05) is 4.90 Å². The largest absolute Gasteiger partial charge is 0.478 e. The molecule has 0 spiro atoms. The fourth-order valence-corrected chi connectivity index (χ4v) is 3.32. The second-order valence-electron chi connectivity index (χ2n) is 5.13. The van der Waals surface area contributed by atoms with Crippen LogP contribution < -0.4 is 4.90 Å². The lowest BCUT2D eigenvalue weighted by Crippen LogP contribution is -2.31. The van der Waals surface area contributed by atoms with Gasteiger partial charge in [0.2, 0.25) is 11.8 Å². The first-order valence-corrected chi connectivity index (χ1v) is 6.79. The summed E-state index contributed by atoms with van der Waals surface area (Å²) in [7, 11) is 0. The molecule has 6 heteroatoms. The van der Waals surface area contributed by atoms with E-state index in [9.17, 15) is 14.4 Å². The summed E-state index contributed by atoms with van der Waals surface area (Å²) < 4.78 is 0. The van der Waals surface area contributed by atoms with E-state index in [2.05, 4.69) is 0 Å². The van der Waals surface area contributed by atoms with E-state index in [1.54, 1.807) is 0 Å². The molecule has 1 heterocycles. The highest BCUT2D eigenvalue weighted by Crippen LogP contribution is 2.42. The van der Waals surface area contributed by atoms with Crippen molar-refractivity contribution in [2.24, 2.45) is 11.8 Å². The highest BCUT2D eigenvalue weighted by molar-refractivity contribution is 6.34. The van der Waals surface area contributed by atoms with Gasteiger partial charge in [0, 0.05) is 0 Å². The van der Waals surface area contributed by atoms with Crippen LogP contribution in [0.25, 0.3) is 0 Å². The molecule has 0 bridgehead atoms. The van der Waals surface area contributed by atoms with E-state index in [0.717, 1.165) is 24.2 Å². The fraction of sp³-hybridized carbons (Fsp3) is 0.357. The van der Waals surface area contributed by atoms with E-state index in [-0.39, 0.29) is 34.2 Å². The molecule has 2 amide bonds. The second-order valence-corrected chi connectivity index (χ2v) is 5.53. The lowest BCUT2D eigenvalue weighted by Gasteiger charge is -2.16. The molecular weight excluding hydrogens is 282 g/mol. The number of fused-ring (bicyclic) bond motifs is 1. The summed E-state index contributed by atoms with van der Waals surface area (Å²) in [6.07, 6.45) is 2.39. The van der Waals surface area contributed by atoms with Gasteiger partial charge in [-0.25, -0.2) is 4.79 Å². The number of carboxylic acids is 1. The summed E-state index contributed by atoms with van der Waals surface area (Å²) in [4.78, 5) is 36.6. The summed E-state index contributed by atoms with van der Waals surface area (Å²) in [5.74, 6) is -1.98. The van der Waals surface area contributed by atoms with Gasteiger partial charge in [-0.2, -0.15) is 0 Å². The first-order valence-electron chi connectivity index (χ1n) is 6.41. The summed E-state index contributed by atoms with van der Waals surface area (Å²) in [6.45, 7) is 0. The van der Waals surface area contributed by atoms with E-state index >= 15 is 0 Å². The Balaban J connectivity index is 1.98. The van der Waals surface area contributed by atoms with E-state index < -0.39 is 5.97 Å². The minimum absolute atomic E-state index is 0.0210. The number of aromatic carboxylic acids is 1. The Kier molecular flexibility index (Phi) is 3.01. The van der Waals surface area contributed by atoms with E-state index in [0.29, 0.717) is 5.69 Å². The molecular formula is C14H12ClNO4. The molecule has 104 valence electrons.